The molecular formula is C5H9FN2O. The van der Waals surface area contributed by atoms with Crippen LogP contribution in [0.5, 0.6) is 0 Å². The van der Waals surface area contributed by atoms with E-state index < -0.39 is 5.91 Å². The number of nitrogens with one attached hydrogen (secondary N) is 1. The van der Waals surface area contributed by atoms with Crippen LogP contribution in [0, 0.1) is 0 Å². The largest absolute Gasteiger partial charge is 0.306 e. The number of halogens is 1. The van der Waals surface area contributed by atoms with E-state index >= 15 is 0 Å². The van der Waals surface area contributed by atoms with Crippen LogP contribution in [-0.2, 0) is 4.79 Å². The predicted octanol–water partition coefficient (Wildman–Crippen LogP) is -0.309. The molecule has 1 amide bonds. The van der Waals surface area contributed by atoms with Crippen molar-refractivity contribution in [3.63, 3.8) is 0 Å². The van der Waals surface area contributed by atoms with Gasteiger partial charge in [-0.2, -0.15) is 5.12 Å². The van der Waals surface area contributed by atoms with E-state index in [1.807, 2.05) is 0 Å². The summed E-state index contributed by atoms with van der Waals surface area (Å²) in [7, 11) is 1.11. The van der Waals surface area contributed by atoms with E-state index in [9.17, 15) is 9.28 Å². The van der Waals surface area contributed by atoms with Crippen LogP contribution in [0.25, 0.3) is 0 Å². The molecule has 9 heavy (non-hydrogen) atoms. The lowest BCUT2D eigenvalue weighted by Crippen LogP contribution is -2.51. The Morgan fingerprint density at radius 3 is 2.56 bits per heavy atom. The van der Waals surface area contributed by atoms with Gasteiger partial charge in [-0.1, -0.05) is 4.48 Å². The minimum absolute atomic E-state index is 0.122. The fourth-order valence-corrected chi connectivity index (χ4v) is 0.714. The van der Waals surface area contributed by atoms with E-state index in [1.54, 1.807) is 0 Å². The Bertz CT molecular complexity index is 122. The first-order valence-corrected chi connectivity index (χ1v) is 2.88. The standard InChI is InChI=1S/C5H9FN2O/c1-8(6)5(9)4-2-3-7-4/h4,7H,2-3H2,1H3. The average Bonchev–Trinajstić information content (AvgIpc) is 1.60. The highest BCUT2D eigenvalue weighted by Crippen LogP contribution is 2.04. The molecule has 0 aromatic heterocycles. The summed E-state index contributed by atoms with van der Waals surface area (Å²) < 4.78 is 12.0. The first-order valence-electron chi connectivity index (χ1n) is 2.88. The van der Waals surface area contributed by atoms with Crippen LogP contribution in [0.1, 0.15) is 6.42 Å². The zero-order valence-electron chi connectivity index (χ0n) is 5.22. The van der Waals surface area contributed by atoms with Crippen LogP contribution in [0.4, 0.5) is 4.48 Å². The van der Waals surface area contributed by atoms with Crippen molar-refractivity contribution in [2.75, 3.05) is 13.6 Å². The molecule has 0 aromatic carbocycles. The molecule has 1 heterocycles. The van der Waals surface area contributed by atoms with Gasteiger partial charge >= 0.3 is 0 Å². The van der Waals surface area contributed by atoms with Crippen LogP contribution in [-0.4, -0.2) is 30.7 Å². The summed E-state index contributed by atoms with van der Waals surface area (Å²) >= 11 is 0. The summed E-state index contributed by atoms with van der Waals surface area (Å²) in [6.07, 6.45) is 0.757. The van der Waals surface area contributed by atoms with Crippen molar-refractivity contribution >= 4 is 5.91 Å². The van der Waals surface area contributed by atoms with Crippen molar-refractivity contribution in [3.05, 3.63) is 0 Å². The van der Waals surface area contributed by atoms with E-state index in [0.717, 1.165) is 20.0 Å². The van der Waals surface area contributed by atoms with Crippen molar-refractivity contribution < 1.29 is 9.28 Å². The zero-order valence-corrected chi connectivity index (χ0v) is 5.22. The number of nitrogens with zero attached hydrogens (tertiary/aromatic N) is 1. The Hall–Kier alpha value is -0.640. The van der Waals surface area contributed by atoms with Gasteiger partial charge in [-0.15, -0.1) is 0 Å². The molecule has 1 aliphatic rings. The second-order valence-corrected chi connectivity index (χ2v) is 2.11. The van der Waals surface area contributed by atoms with Gasteiger partial charge in [0.1, 0.15) is 0 Å². The van der Waals surface area contributed by atoms with E-state index in [-0.39, 0.29) is 11.2 Å². The van der Waals surface area contributed by atoms with Gasteiger partial charge in [0.2, 0.25) is 0 Å². The minimum atomic E-state index is -0.471. The SMILES string of the molecule is CN(F)C(=O)C1CCN1. The third-order valence-corrected chi connectivity index (χ3v) is 1.43. The summed E-state index contributed by atoms with van der Waals surface area (Å²) in [5, 5.41) is 2.92. The topological polar surface area (TPSA) is 32.3 Å². The molecule has 0 bridgehead atoms. The molecule has 1 fully saturated rings. The Kier molecular flexibility index (Phi) is 1.66. The fourth-order valence-electron chi connectivity index (χ4n) is 0.714. The number of likely N-dealkylation sites (N-methyl/N-ethyl adjacent to an activating group) is 1. The summed E-state index contributed by atoms with van der Waals surface area (Å²) in [6, 6.07) is -0.264. The normalized spacial score (nSPS) is 24.9. The highest BCUT2D eigenvalue weighted by atomic mass is 19.2. The monoisotopic (exact) mass is 132 g/mol. The maximum Gasteiger partial charge on any atom is 0.267 e. The molecule has 0 aromatic rings. The zero-order chi connectivity index (χ0) is 6.85. The molecule has 1 atom stereocenters. The molecule has 4 heteroatoms. The van der Waals surface area contributed by atoms with Crippen molar-refractivity contribution in [2.24, 2.45) is 0 Å². The summed E-state index contributed by atoms with van der Waals surface area (Å²) in [6.45, 7) is 0.824. The highest BCUT2D eigenvalue weighted by Gasteiger charge is 2.27. The maximum absolute atomic E-state index is 12.0. The van der Waals surface area contributed by atoms with Crippen molar-refractivity contribution in [3.8, 4) is 0 Å². The molecule has 1 aliphatic heterocycles. The maximum atomic E-state index is 12.0. The first kappa shape index (κ1) is 6.48. The van der Waals surface area contributed by atoms with Crippen LogP contribution in [0.3, 0.4) is 0 Å². The van der Waals surface area contributed by atoms with Gasteiger partial charge in [-0.3, -0.25) is 4.79 Å². The lowest BCUT2D eigenvalue weighted by Gasteiger charge is -2.26. The van der Waals surface area contributed by atoms with Crippen LogP contribution >= 0.6 is 0 Å². The van der Waals surface area contributed by atoms with Gasteiger partial charge in [0, 0.05) is 7.05 Å². The van der Waals surface area contributed by atoms with Gasteiger partial charge in [-0.05, 0) is 13.0 Å². The van der Waals surface area contributed by atoms with Gasteiger partial charge in [0.25, 0.3) is 5.91 Å². The van der Waals surface area contributed by atoms with Gasteiger partial charge < -0.3 is 5.32 Å². The Morgan fingerprint density at radius 1 is 1.89 bits per heavy atom. The number of rotatable bonds is 1. The Morgan fingerprint density at radius 2 is 2.44 bits per heavy atom. The lowest BCUT2D eigenvalue weighted by molar-refractivity contribution is -0.147. The summed E-state index contributed by atoms with van der Waals surface area (Å²) in [4.78, 5) is 10.6. The third kappa shape index (κ3) is 1.18. The van der Waals surface area contributed by atoms with Gasteiger partial charge in [0.15, 0.2) is 0 Å². The van der Waals surface area contributed by atoms with E-state index in [4.69, 9.17) is 0 Å². The van der Waals surface area contributed by atoms with E-state index in [0.29, 0.717) is 0 Å². The Labute approximate surface area is 52.8 Å². The van der Waals surface area contributed by atoms with Crippen LogP contribution < -0.4 is 5.32 Å². The second kappa shape index (κ2) is 2.31. The third-order valence-electron chi connectivity index (χ3n) is 1.43. The minimum Gasteiger partial charge on any atom is -0.306 e. The average molecular weight is 132 g/mol. The molecule has 0 spiro atoms. The summed E-state index contributed by atoms with van der Waals surface area (Å²) in [5.41, 5.74) is 0. The Balaban J connectivity index is 2.32. The molecule has 1 rings (SSSR count). The van der Waals surface area contributed by atoms with Crippen LogP contribution in [0.2, 0.25) is 0 Å². The lowest BCUT2D eigenvalue weighted by atomic mass is 10.1. The first-order chi connectivity index (χ1) is 4.22. The molecule has 0 radical (unpaired) electrons. The molecule has 3 nitrogen and oxygen atoms in total. The molecule has 0 saturated carbocycles. The van der Waals surface area contributed by atoms with Crippen molar-refractivity contribution in [1.29, 1.82) is 0 Å². The van der Waals surface area contributed by atoms with Crippen molar-refractivity contribution in [2.45, 2.75) is 12.5 Å². The molecule has 0 aliphatic carbocycles. The quantitative estimate of drug-likeness (QED) is 0.496. The number of carbonyl (C=O) groups is 1. The smallest absolute Gasteiger partial charge is 0.267 e. The predicted molar refractivity (Wildman–Crippen MR) is 30.3 cm³/mol. The fraction of sp³-hybridized carbons (Fsp3) is 0.800. The summed E-state index contributed by atoms with van der Waals surface area (Å²) in [5.74, 6) is -0.471. The number of amides is 1. The molecule has 52 valence electrons. The molecule has 1 N–H and O–H groups in total. The number of hydrogen-bond acceptors (Lipinski definition) is 2. The number of carbonyl (C=O) groups excluding carboxylic acids is 1. The van der Waals surface area contributed by atoms with Crippen LogP contribution in [0.15, 0.2) is 0 Å². The number of hydrogen-bond donors (Lipinski definition) is 1. The molecule has 1 unspecified atom stereocenters. The second-order valence-electron chi connectivity index (χ2n) is 2.11. The van der Waals surface area contributed by atoms with E-state index in [1.165, 1.54) is 0 Å². The van der Waals surface area contributed by atoms with Crippen molar-refractivity contribution in [1.82, 2.24) is 10.4 Å². The molecule has 1 saturated heterocycles. The van der Waals surface area contributed by atoms with Gasteiger partial charge in [-0.25, -0.2) is 0 Å². The van der Waals surface area contributed by atoms with E-state index in [2.05, 4.69) is 5.32 Å². The van der Waals surface area contributed by atoms with Gasteiger partial charge in [0.05, 0.1) is 6.04 Å². The highest BCUT2D eigenvalue weighted by molar-refractivity contribution is 5.81. The molecular weight excluding hydrogens is 123 g/mol.